The number of hydrogen-bond donors (Lipinski definition) is 1. The Balaban J connectivity index is 2.96. The van der Waals surface area contributed by atoms with E-state index in [0.717, 1.165) is 16.8 Å². The molecule has 0 aliphatic carbocycles. The normalized spacial score (nSPS) is 12.8. The summed E-state index contributed by atoms with van der Waals surface area (Å²) in [5.41, 5.74) is 2.90. The molecule has 0 saturated heterocycles. The van der Waals surface area contributed by atoms with Crippen molar-refractivity contribution in [2.45, 2.75) is 6.92 Å². The molecule has 0 aromatic heterocycles. The van der Waals surface area contributed by atoms with Gasteiger partial charge in [-0.25, -0.2) is 0 Å². The molecule has 0 fully saturated rings. The van der Waals surface area contributed by atoms with Crippen molar-refractivity contribution in [2.24, 2.45) is 0 Å². The number of rotatable bonds is 5. The molecule has 1 aromatic rings. The predicted octanol–water partition coefficient (Wildman–Crippen LogP) is 3.98. The minimum Gasteiger partial charge on any atom is -0.507 e. The molecule has 100 valence electrons. The number of phenolic OH excluding ortho intramolecular Hbond substituents is 1. The zero-order valence-electron chi connectivity index (χ0n) is 11.8. The topological polar surface area (TPSA) is 23.5 Å². The van der Waals surface area contributed by atoms with Gasteiger partial charge in [0.25, 0.3) is 0 Å². The van der Waals surface area contributed by atoms with Gasteiger partial charge in [-0.3, -0.25) is 0 Å². The third kappa shape index (κ3) is 4.51. The van der Waals surface area contributed by atoms with Crippen molar-refractivity contribution in [3.8, 4) is 5.75 Å². The van der Waals surface area contributed by atoms with Gasteiger partial charge in [0.05, 0.1) is 0 Å². The summed E-state index contributed by atoms with van der Waals surface area (Å²) in [4.78, 5) is 2.00. The molecular weight excluding hydrogens is 234 g/mol. The fourth-order valence-electron chi connectivity index (χ4n) is 1.58. The minimum absolute atomic E-state index is 0.287. The Morgan fingerprint density at radius 1 is 1.26 bits per heavy atom. The molecule has 0 unspecified atom stereocenters. The smallest absolute Gasteiger partial charge is 0.122 e. The first-order valence-electron chi connectivity index (χ1n) is 6.22. The Morgan fingerprint density at radius 2 is 1.95 bits per heavy atom. The highest BCUT2D eigenvalue weighted by Gasteiger charge is 1.97. The zero-order valence-corrected chi connectivity index (χ0v) is 11.8. The number of allylic oxidation sites excluding steroid dienone is 5. The van der Waals surface area contributed by atoms with E-state index < -0.39 is 0 Å². The first-order valence-corrected chi connectivity index (χ1v) is 6.22. The van der Waals surface area contributed by atoms with Crippen LogP contribution in [0.25, 0.3) is 6.08 Å². The molecule has 2 nitrogen and oxygen atoms in total. The van der Waals surface area contributed by atoms with E-state index in [2.05, 4.69) is 6.58 Å². The summed E-state index contributed by atoms with van der Waals surface area (Å²) >= 11 is 0. The minimum atomic E-state index is 0.287. The second-order valence-electron chi connectivity index (χ2n) is 4.35. The molecule has 1 N–H and O–H groups in total. The molecule has 0 saturated carbocycles. The van der Waals surface area contributed by atoms with E-state index in [1.54, 1.807) is 6.07 Å². The van der Waals surface area contributed by atoms with Gasteiger partial charge in [-0.15, -0.1) is 0 Å². The molecule has 0 aliphatic heterocycles. The Bertz CT molecular complexity index is 522. The van der Waals surface area contributed by atoms with Crippen LogP contribution in [-0.4, -0.2) is 24.1 Å². The standard InChI is InChI=1S/C17H21NO/c1-5-14(13-16(6-2)18(3)4)11-12-15-9-7-8-10-17(15)19/h5-13,19H,2H2,1,3-4H3/b12-11+,14-5-,16-13+. The number of benzene rings is 1. The van der Waals surface area contributed by atoms with Crippen LogP contribution in [0.1, 0.15) is 12.5 Å². The van der Waals surface area contributed by atoms with E-state index in [4.69, 9.17) is 0 Å². The second kappa shape index (κ2) is 7.27. The van der Waals surface area contributed by atoms with Crippen LogP contribution in [0.4, 0.5) is 0 Å². The van der Waals surface area contributed by atoms with Gasteiger partial charge < -0.3 is 10.0 Å². The SMILES string of the molecule is C=C\C(=C/C(=C\C)/C=C/c1ccccc1O)N(C)C. The fourth-order valence-corrected chi connectivity index (χ4v) is 1.58. The second-order valence-corrected chi connectivity index (χ2v) is 4.35. The fraction of sp³-hybridized carbons (Fsp3) is 0.176. The van der Waals surface area contributed by atoms with Crippen LogP contribution in [-0.2, 0) is 0 Å². The highest BCUT2D eigenvalue weighted by atomic mass is 16.3. The van der Waals surface area contributed by atoms with E-state index in [-0.39, 0.29) is 5.75 Å². The molecule has 0 spiro atoms. The van der Waals surface area contributed by atoms with Gasteiger partial charge in [0, 0.05) is 25.4 Å². The Hall–Kier alpha value is -2.22. The van der Waals surface area contributed by atoms with Crippen molar-refractivity contribution in [2.75, 3.05) is 14.1 Å². The van der Waals surface area contributed by atoms with Crippen LogP contribution in [0.2, 0.25) is 0 Å². The maximum Gasteiger partial charge on any atom is 0.122 e. The van der Waals surface area contributed by atoms with E-state index in [1.807, 2.05) is 74.5 Å². The van der Waals surface area contributed by atoms with Gasteiger partial charge in [0.2, 0.25) is 0 Å². The van der Waals surface area contributed by atoms with Gasteiger partial charge in [-0.1, -0.05) is 43.0 Å². The summed E-state index contributed by atoms with van der Waals surface area (Å²) < 4.78 is 0. The van der Waals surface area contributed by atoms with Crippen LogP contribution >= 0.6 is 0 Å². The van der Waals surface area contributed by atoms with Crippen molar-refractivity contribution >= 4 is 6.08 Å². The van der Waals surface area contributed by atoms with Crippen molar-refractivity contribution in [3.05, 3.63) is 72.0 Å². The summed E-state index contributed by atoms with van der Waals surface area (Å²) in [5, 5.41) is 9.70. The first kappa shape index (κ1) is 14.8. The summed E-state index contributed by atoms with van der Waals surface area (Å²) in [6.45, 7) is 5.78. The largest absolute Gasteiger partial charge is 0.507 e. The van der Waals surface area contributed by atoms with Gasteiger partial charge in [0.15, 0.2) is 0 Å². The monoisotopic (exact) mass is 255 g/mol. The van der Waals surface area contributed by atoms with Gasteiger partial charge in [-0.05, 0) is 30.7 Å². The number of nitrogens with zero attached hydrogens (tertiary/aromatic N) is 1. The number of aromatic hydroxyl groups is 1. The molecular formula is C17H21NO. The summed E-state index contributed by atoms with van der Waals surface area (Å²) in [6, 6.07) is 7.27. The molecule has 1 rings (SSSR count). The van der Waals surface area contributed by atoms with Crippen molar-refractivity contribution < 1.29 is 5.11 Å². The van der Waals surface area contributed by atoms with Gasteiger partial charge >= 0.3 is 0 Å². The number of para-hydroxylation sites is 1. The summed E-state index contributed by atoms with van der Waals surface area (Å²) in [7, 11) is 3.96. The quantitative estimate of drug-likeness (QED) is 0.804. The molecule has 1 aromatic carbocycles. The Kier molecular flexibility index (Phi) is 5.68. The van der Waals surface area contributed by atoms with E-state index in [9.17, 15) is 5.11 Å². The maximum absolute atomic E-state index is 9.70. The van der Waals surface area contributed by atoms with Crippen molar-refractivity contribution in [3.63, 3.8) is 0 Å². The molecule has 19 heavy (non-hydrogen) atoms. The molecule has 0 radical (unpaired) electrons. The van der Waals surface area contributed by atoms with Crippen LogP contribution in [0.5, 0.6) is 5.75 Å². The van der Waals surface area contributed by atoms with E-state index in [0.29, 0.717) is 0 Å². The zero-order chi connectivity index (χ0) is 14.3. The number of phenols is 1. The lowest BCUT2D eigenvalue weighted by Gasteiger charge is -2.13. The predicted molar refractivity (Wildman–Crippen MR) is 82.9 cm³/mol. The third-order valence-corrected chi connectivity index (χ3v) is 2.77. The molecule has 0 atom stereocenters. The lowest BCUT2D eigenvalue weighted by molar-refractivity contribution is 0.474. The molecule has 0 heterocycles. The molecule has 0 aliphatic rings. The molecule has 0 amide bonds. The highest BCUT2D eigenvalue weighted by molar-refractivity contribution is 5.60. The highest BCUT2D eigenvalue weighted by Crippen LogP contribution is 2.18. The van der Waals surface area contributed by atoms with Crippen molar-refractivity contribution in [1.82, 2.24) is 4.90 Å². The average molecular weight is 255 g/mol. The number of hydrogen-bond acceptors (Lipinski definition) is 2. The van der Waals surface area contributed by atoms with Crippen LogP contribution < -0.4 is 0 Å². The van der Waals surface area contributed by atoms with E-state index in [1.165, 1.54) is 0 Å². The van der Waals surface area contributed by atoms with Crippen LogP contribution in [0, 0.1) is 0 Å². The van der Waals surface area contributed by atoms with Crippen LogP contribution in [0.15, 0.2) is 66.4 Å². The summed E-state index contributed by atoms with van der Waals surface area (Å²) in [6.07, 6.45) is 9.75. The van der Waals surface area contributed by atoms with Crippen molar-refractivity contribution in [1.29, 1.82) is 0 Å². The third-order valence-electron chi connectivity index (χ3n) is 2.77. The summed E-state index contributed by atoms with van der Waals surface area (Å²) in [5.74, 6) is 0.287. The van der Waals surface area contributed by atoms with Crippen LogP contribution in [0.3, 0.4) is 0 Å². The lowest BCUT2D eigenvalue weighted by atomic mass is 10.1. The van der Waals surface area contributed by atoms with Gasteiger partial charge in [-0.2, -0.15) is 0 Å². The number of likely N-dealkylation sites (N-methyl/N-ethyl adjacent to an activating group) is 1. The maximum atomic E-state index is 9.70. The molecule has 2 heteroatoms. The lowest BCUT2D eigenvalue weighted by Crippen LogP contribution is -2.08. The average Bonchev–Trinajstić information content (AvgIpc) is 2.40. The Labute approximate surface area is 115 Å². The van der Waals surface area contributed by atoms with Gasteiger partial charge in [0.1, 0.15) is 5.75 Å². The Morgan fingerprint density at radius 3 is 2.47 bits per heavy atom. The van der Waals surface area contributed by atoms with E-state index >= 15 is 0 Å². The molecule has 0 bridgehead atoms. The first-order chi connectivity index (χ1) is 9.08.